The number of phenolic OH excluding ortho intramolecular Hbond substituents is 1. The van der Waals surface area contributed by atoms with E-state index in [-0.39, 0.29) is 5.75 Å². The zero-order chi connectivity index (χ0) is 16.2. The molecule has 0 saturated heterocycles. The van der Waals surface area contributed by atoms with Crippen molar-refractivity contribution in [2.45, 2.75) is 26.4 Å². The molecule has 0 saturated carbocycles. The van der Waals surface area contributed by atoms with Crippen molar-refractivity contribution >= 4 is 22.9 Å². The van der Waals surface area contributed by atoms with Crippen molar-refractivity contribution < 1.29 is 14.6 Å². The minimum Gasteiger partial charge on any atom is -0.508 e. The van der Waals surface area contributed by atoms with Crippen LogP contribution in [0.5, 0.6) is 5.75 Å². The highest BCUT2D eigenvalue weighted by Crippen LogP contribution is 2.21. The van der Waals surface area contributed by atoms with E-state index in [4.69, 9.17) is 4.74 Å². The van der Waals surface area contributed by atoms with Gasteiger partial charge in [-0.25, -0.2) is 4.79 Å². The van der Waals surface area contributed by atoms with Crippen LogP contribution in [0.1, 0.15) is 26.3 Å². The summed E-state index contributed by atoms with van der Waals surface area (Å²) in [6.07, 6.45) is 3.34. The zero-order valence-electron chi connectivity index (χ0n) is 13.1. The van der Waals surface area contributed by atoms with Gasteiger partial charge in [0.25, 0.3) is 0 Å². The molecule has 1 amide bonds. The Morgan fingerprint density at radius 3 is 2.64 bits per heavy atom. The number of ether oxygens (including phenoxy) is 1. The van der Waals surface area contributed by atoms with Crippen molar-refractivity contribution in [1.29, 1.82) is 0 Å². The molecule has 22 heavy (non-hydrogen) atoms. The van der Waals surface area contributed by atoms with Crippen LogP contribution in [-0.2, 0) is 4.74 Å². The maximum atomic E-state index is 11.5. The van der Waals surface area contributed by atoms with E-state index in [1.807, 2.05) is 57.2 Å². The number of rotatable bonds is 3. The molecule has 116 valence electrons. The molecule has 2 N–H and O–H groups in total. The van der Waals surface area contributed by atoms with Gasteiger partial charge in [-0.3, -0.25) is 0 Å². The van der Waals surface area contributed by atoms with Crippen LogP contribution in [0.25, 0.3) is 16.8 Å². The van der Waals surface area contributed by atoms with Gasteiger partial charge < -0.3 is 15.2 Å². The molecule has 0 aliphatic carbocycles. The fourth-order valence-electron chi connectivity index (χ4n) is 2.01. The fraction of sp³-hybridized carbons (Fsp3) is 0.278. The average Bonchev–Trinajstić information content (AvgIpc) is 2.41. The number of benzene rings is 2. The van der Waals surface area contributed by atoms with Crippen LogP contribution < -0.4 is 5.32 Å². The van der Waals surface area contributed by atoms with Gasteiger partial charge in [0.2, 0.25) is 0 Å². The van der Waals surface area contributed by atoms with Crippen LogP contribution in [0.15, 0.2) is 42.5 Å². The molecule has 0 heterocycles. The Labute approximate surface area is 130 Å². The van der Waals surface area contributed by atoms with E-state index in [0.717, 1.165) is 16.3 Å². The highest BCUT2D eigenvalue weighted by atomic mass is 16.6. The monoisotopic (exact) mass is 299 g/mol. The van der Waals surface area contributed by atoms with Crippen molar-refractivity contribution in [3.8, 4) is 5.75 Å². The zero-order valence-corrected chi connectivity index (χ0v) is 13.1. The van der Waals surface area contributed by atoms with Gasteiger partial charge in [0.1, 0.15) is 11.4 Å². The van der Waals surface area contributed by atoms with E-state index in [9.17, 15) is 9.90 Å². The highest BCUT2D eigenvalue weighted by Gasteiger charge is 2.14. The van der Waals surface area contributed by atoms with Crippen molar-refractivity contribution in [3.05, 3.63) is 48.0 Å². The molecule has 0 aromatic heterocycles. The normalized spacial score (nSPS) is 11.8. The lowest BCUT2D eigenvalue weighted by Gasteiger charge is -2.19. The maximum Gasteiger partial charge on any atom is 0.407 e. The van der Waals surface area contributed by atoms with Crippen LogP contribution in [-0.4, -0.2) is 23.3 Å². The number of aromatic hydroxyl groups is 1. The third-order valence-corrected chi connectivity index (χ3v) is 2.92. The molecule has 0 aliphatic rings. The van der Waals surface area contributed by atoms with E-state index < -0.39 is 11.7 Å². The molecule has 0 radical (unpaired) electrons. The van der Waals surface area contributed by atoms with Crippen molar-refractivity contribution in [3.63, 3.8) is 0 Å². The molecule has 2 aromatic rings. The number of phenols is 1. The van der Waals surface area contributed by atoms with Crippen LogP contribution in [0, 0.1) is 0 Å². The molecule has 0 unspecified atom stereocenters. The molecule has 0 bridgehead atoms. The van der Waals surface area contributed by atoms with Gasteiger partial charge >= 0.3 is 6.09 Å². The molecule has 4 heteroatoms. The fourth-order valence-corrected chi connectivity index (χ4v) is 2.01. The molecule has 4 nitrogen and oxygen atoms in total. The Kier molecular flexibility index (Phi) is 4.71. The summed E-state index contributed by atoms with van der Waals surface area (Å²) in [6, 6.07) is 11.2. The summed E-state index contributed by atoms with van der Waals surface area (Å²) in [7, 11) is 0. The number of alkyl carbamates (subject to hydrolysis) is 1. The number of hydrogen-bond acceptors (Lipinski definition) is 3. The Balaban J connectivity index is 1.94. The predicted octanol–water partition coefficient (Wildman–Crippen LogP) is 4.08. The summed E-state index contributed by atoms with van der Waals surface area (Å²) >= 11 is 0. The predicted molar refractivity (Wildman–Crippen MR) is 88.9 cm³/mol. The molecular formula is C18H21NO3. The lowest BCUT2D eigenvalue weighted by Crippen LogP contribution is -2.32. The summed E-state index contributed by atoms with van der Waals surface area (Å²) in [5.74, 6) is 0.250. The smallest absolute Gasteiger partial charge is 0.407 e. The van der Waals surface area contributed by atoms with Crippen LogP contribution in [0.2, 0.25) is 0 Å². The van der Waals surface area contributed by atoms with E-state index in [1.54, 1.807) is 12.1 Å². The standard InChI is InChI=1S/C18H21NO3/c1-18(2,3)22-17(21)19-10-4-5-13-6-7-14-8-9-16(20)12-15(14)11-13/h4-9,11-12,20H,10H2,1-3H3,(H,19,21). The lowest BCUT2D eigenvalue weighted by atomic mass is 10.1. The second-order valence-corrected chi connectivity index (χ2v) is 6.08. The summed E-state index contributed by atoms with van der Waals surface area (Å²) in [4.78, 5) is 11.5. The molecule has 0 atom stereocenters. The van der Waals surface area contributed by atoms with Gasteiger partial charge in [0, 0.05) is 6.54 Å². The SMILES string of the molecule is CC(C)(C)OC(=O)NCC=Cc1ccc2ccc(O)cc2c1. The summed E-state index contributed by atoms with van der Waals surface area (Å²) in [5, 5.41) is 14.2. The first kappa shape index (κ1) is 15.9. The number of nitrogens with one attached hydrogen (secondary N) is 1. The molecule has 2 aromatic carbocycles. The maximum absolute atomic E-state index is 11.5. The Hall–Kier alpha value is -2.49. The molecule has 2 rings (SSSR count). The second kappa shape index (κ2) is 6.52. The van der Waals surface area contributed by atoms with E-state index in [0.29, 0.717) is 6.54 Å². The first-order chi connectivity index (χ1) is 10.3. The summed E-state index contributed by atoms with van der Waals surface area (Å²) in [5.41, 5.74) is 0.512. The van der Waals surface area contributed by atoms with Crippen LogP contribution >= 0.6 is 0 Å². The summed E-state index contributed by atoms with van der Waals surface area (Å²) in [6.45, 7) is 5.87. The topological polar surface area (TPSA) is 58.6 Å². The van der Waals surface area contributed by atoms with Crippen molar-refractivity contribution in [2.24, 2.45) is 0 Å². The van der Waals surface area contributed by atoms with Gasteiger partial charge in [-0.15, -0.1) is 0 Å². The second-order valence-electron chi connectivity index (χ2n) is 6.08. The summed E-state index contributed by atoms with van der Waals surface area (Å²) < 4.78 is 5.15. The van der Waals surface area contributed by atoms with Crippen LogP contribution in [0.3, 0.4) is 0 Å². The average molecular weight is 299 g/mol. The quantitative estimate of drug-likeness (QED) is 0.897. The third kappa shape index (κ3) is 4.81. The van der Waals surface area contributed by atoms with Gasteiger partial charge in [-0.1, -0.05) is 30.4 Å². The van der Waals surface area contributed by atoms with Gasteiger partial charge in [-0.05, 0) is 55.3 Å². The van der Waals surface area contributed by atoms with Crippen molar-refractivity contribution in [2.75, 3.05) is 6.54 Å². The minimum absolute atomic E-state index is 0.250. The number of carbonyl (C=O) groups excluding carboxylic acids is 1. The van der Waals surface area contributed by atoms with E-state index >= 15 is 0 Å². The lowest BCUT2D eigenvalue weighted by molar-refractivity contribution is 0.0534. The Morgan fingerprint density at radius 1 is 1.18 bits per heavy atom. The molecule has 0 aliphatic heterocycles. The first-order valence-corrected chi connectivity index (χ1v) is 7.20. The van der Waals surface area contributed by atoms with E-state index in [2.05, 4.69) is 5.32 Å². The largest absolute Gasteiger partial charge is 0.508 e. The first-order valence-electron chi connectivity index (χ1n) is 7.20. The number of amides is 1. The number of hydrogen-bond donors (Lipinski definition) is 2. The number of fused-ring (bicyclic) bond motifs is 1. The minimum atomic E-state index is -0.492. The van der Waals surface area contributed by atoms with Gasteiger partial charge in [0.15, 0.2) is 0 Å². The van der Waals surface area contributed by atoms with Crippen molar-refractivity contribution in [1.82, 2.24) is 5.32 Å². The Bertz CT molecular complexity index is 699. The third-order valence-electron chi connectivity index (χ3n) is 2.92. The molecular weight excluding hydrogens is 278 g/mol. The van der Waals surface area contributed by atoms with Gasteiger partial charge in [0.05, 0.1) is 0 Å². The molecule has 0 spiro atoms. The van der Waals surface area contributed by atoms with Gasteiger partial charge in [-0.2, -0.15) is 0 Å². The van der Waals surface area contributed by atoms with E-state index in [1.165, 1.54) is 0 Å². The highest BCUT2D eigenvalue weighted by molar-refractivity contribution is 5.86. The van der Waals surface area contributed by atoms with Crippen LogP contribution in [0.4, 0.5) is 4.79 Å². The number of carbonyl (C=O) groups is 1. The Morgan fingerprint density at radius 2 is 1.91 bits per heavy atom. The molecule has 0 fully saturated rings.